The molecule has 0 bridgehead atoms. The fraction of sp³-hybridized carbons (Fsp3) is 0.353. The number of hydrogen-bond acceptors (Lipinski definition) is 6. The molecular formula is C17H20N2O4S. The molecule has 7 heteroatoms. The molecule has 0 saturated carbocycles. The summed E-state index contributed by atoms with van der Waals surface area (Å²) in [6.45, 7) is 1.05. The fourth-order valence-corrected chi connectivity index (χ4v) is 3.27. The average Bonchev–Trinajstić information content (AvgIpc) is 3.23. The van der Waals surface area contributed by atoms with Crippen molar-refractivity contribution in [1.29, 1.82) is 0 Å². The SMILES string of the molecule is O=C(NC[C@H]1OC[C@@H](NCc2ccccc2O)[C@@H]1O)c1cccs1. The van der Waals surface area contributed by atoms with Crippen LogP contribution in [0.25, 0.3) is 0 Å². The normalized spacial score (nSPS) is 23.3. The van der Waals surface area contributed by atoms with Gasteiger partial charge < -0.3 is 25.6 Å². The van der Waals surface area contributed by atoms with Crippen molar-refractivity contribution < 1.29 is 19.7 Å². The molecule has 1 aliphatic heterocycles. The molecule has 1 amide bonds. The van der Waals surface area contributed by atoms with E-state index in [9.17, 15) is 15.0 Å². The third-order valence-electron chi connectivity index (χ3n) is 4.04. The highest BCUT2D eigenvalue weighted by molar-refractivity contribution is 7.12. The molecule has 1 aromatic carbocycles. The molecule has 2 heterocycles. The molecule has 1 saturated heterocycles. The number of aromatic hydroxyl groups is 1. The van der Waals surface area contributed by atoms with E-state index < -0.39 is 12.2 Å². The Morgan fingerprint density at radius 1 is 1.29 bits per heavy atom. The average molecular weight is 348 g/mol. The van der Waals surface area contributed by atoms with Crippen LogP contribution in [0.2, 0.25) is 0 Å². The summed E-state index contributed by atoms with van der Waals surface area (Å²) >= 11 is 1.37. The first kappa shape index (κ1) is 16.9. The standard InChI is InChI=1S/C17H20N2O4S/c20-13-5-2-1-4-11(13)8-18-12-10-23-14(16(12)21)9-19-17(22)15-6-3-7-24-15/h1-7,12,14,16,18,20-21H,8-10H2,(H,19,22)/t12-,14-,16+/m1/s1. The van der Waals surface area contributed by atoms with Gasteiger partial charge in [0.25, 0.3) is 5.91 Å². The molecule has 128 valence electrons. The highest BCUT2D eigenvalue weighted by atomic mass is 32.1. The number of phenols is 1. The van der Waals surface area contributed by atoms with Crippen LogP contribution in [0.3, 0.4) is 0 Å². The van der Waals surface area contributed by atoms with Crippen LogP contribution in [0.15, 0.2) is 41.8 Å². The lowest BCUT2D eigenvalue weighted by atomic mass is 10.1. The van der Waals surface area contributed by atoms with Crippen molar-refractivity contribution in [3.8, 4) is 5.75 Å². The quantitative estimate of drug-likeness (QED) is 0.628. The van der Waals surface area contributed by atoms with E-state index in [1.807, 2.05) is 23.6 Å². The van der Waals surface area contributed by atoms with Gasteiger partial charge in [-0.1, -0.05) is 24.3 Å². The molecule has 24 heavy (non-hydrogen) atoms. The smallest absolute Gasteiger partial charge is 0.261 e. The van der Waals surface area contributed by atoms with Crippen molar-refractivity contribution in [2.45, 2.75) is 24.8 Å². The third kappa shape index (κ3) is 3.93. The second-order valence-corrected chi connectivity index (χ2v) is 6.61. The second kappa shape index (κ2) is 7.76. The number of carbonyl (C=O) groups is 1. The van der Waals surface area contributed by atoms with E-state index in [-0.39, 0.29) is 24.2 Å². The van der Waals surface area contributed by atoms with Crippen LogP contribution in [0.1, 0.15) is 15.2 Å². The largest absolute Gasteiger partial charge is 0.508 e. The maximum atomic E-state index is 11.9. The zero-order valence-electron chi connectivity index (χ0n) is 13.0. The minimum atomic E-state index is -0.723. The number of amides is 1. The van der Waals surface area contributed by atoms with Crippen molar-refractivity contribution in [1.82, 2.24) is 10.6 Å². The number of ether oxygens (including phenoxy) is 1. The summed E-state index contributed by atoms with van der Waals surface area (Å²) in [7, 11) is 0. The number of hydrogen-bond donors (Lipinski definition) is 4. The molecule has 0 aliphatic carbocycles. The Labute approximate surface area is 144 Å². The number of aliphatic hydroxyl groups excluding tert-OH is 1. The molecule has 4 N–H and O–H groups in total. The Morgan fingerprint density at radius 3 is 2.88 bits per heavy atom. The van der Waals surface area contributed by atoms with Gasteiger partial charge in [0.05, 0.1) is 23.6 Å². The summed E-state index contributed by atoms with van der Waals surface area (Å²) in [5.74, 6) is 0.0598. The first-order valence-electron chi connectivity index (χ1n) is 7.77. The van der Waals surface area contributed by atoms with E-state index in [0.717, 1.165) is 5.56 Å². The van der Waals surface area contributed by atoms with Gasteiger partial charge in [-0.15, -0.1) is 11.3 Å². The van der Waals surface area contributed by atoms with Gasteiger partial charge in [-0.05, 0) is 17.5 Å². The first-order valence-corrected chi connectivity index (χ1v) is 8.64. The molecule has 0 spiro atoms. The summed E-state index contributed by atoms with van der Waals surface area (Å²) in [5, 5.41) is 27.9. The van der Waals surface area contributed by atoms with Gasteiger partial charge in [0.2, 0.25) is 0 Å². The summed E-state index contributed by atoms with van der Waals surface area (Å²) < 4.78 is 5.58. The highest BCUT2D eigenvalue weighted by Gasteiger charge is 2.35. The zero-order chi connectivity index (χ0) is 16.9. The Bertz CT molecular complexity index is 677. The van der Waals surface area contributed by atoms with Crippen LogP contribution >= 0.6 is 11.3 Å². The lowest BCUT2D eigenvalue weighted by Gasteiger charge is -2.19. The van der Waals surface area contributed by atoms with Gasteiger partial charge in [0.1, 0.15) is 11.9 Å². The molecule has 3 atom stereocenters. The number of carbonyl (C=O) groups excluding carboxylic acids is 1. The van der Waals surface area contributed by atoms with Crippen LogP contribution in [0.4, 0.5) is 0 Å². The van der Waals surface area contributed by atoms with Gasteiger partial charge >= 0.3 is 0 Å². The molecule has 1 fully saturated rings. The van der Waals surface area contributed by atoms with E-state index >= 15 is 0 Å². The minimum Gasteiger partial charge on any atom is -0.508 e. The lowest BCUT2D eigenvalue weighted by Crippen LogP contribution is -2.44. The first-order chi connectivity index (χ1) is 11.6. The Balaban J connectivity index is 1.47. The molecule has 6 nitrogen and oxygen atoms in total. The predicted octanol–water partition coefficient (Wildman–Crippen LogP) is 1.10. The van der Waals surface area contributed by atoms with Crippen molar-refractivity contribution in [2.75, 3.05) is 13.2 Å². The van der Waals surface area contributed by atoms with E-state index in [2.05, 4.69) is 10.6 Å². The fourth-order valence-electron chi connectivity index (χ4n) is 2.63. The topological polar surface area (TPSA) is 90.8 Å². The molecule has 3 rings (SSSR count). The number of thiophene rings is 1. The third-order valence-corrected chi connectivity index (χ3v) is 4.91. The Kier molecular flexibility index (Phi) is 5.47. The van der Waals surface area contributed by atoms with Gasteiger partial charge in [0.15, 0.2) is 0 Å². The molecule has 1 aromatic heterocycles. The Hall–Kier alpha value is -1.93. The highest BCUT2D eigenvalue weighted by Crippen LogP contribution is 2.18. The summed E-state index contributed by atoms with van der Waals surface area (Å²) in [6.07, 6.45) is -1.17. The summed E-state index contributed by atoms with van der Waals surface area (Å²) in [5.41, 5.74) is 0.763. The van der Waals surface area contributed by atoms with Crippen LogP contribution in [0, 0.1) is 0 Å². The number of aliphatic hydroxyl groups is 1. The lowest BCUT2D eigenvalue weighted by molar-refractivity contribution is 0.0399. The number of para-hydroxylation sites is 1. The maximum absolute atomic E-state index is 11.9. The number of benzene rings is 1. The van der Waals surface area contributed by atoms with Crippen molar-refractivity contribution in [3.63, 3.8) is 0 Å². The maximum Gasteiger partial charge on any atom is 0.261 e. The molecule has 2 aromatic rings. The van der Waals surface area contributed by atoms with Gasteiger partial charge in [-0.3, -0.25) is 4.79 Å². The van der Waals surface area contributed by atoms with E-state index in [1.165, 1.54) is 11.3 Å². The van der Waals surface area contributed by atoms with Crippen LogP contribution in [0.5, 0.6) is 5.75 Å². The number of nitrogens with one attached hydrogen (secondary N) is 2. The summed E-state index contributed by atoms with van der Waals surface area (Å²) in [6, 6.07) is 10.4. The van der Waals surface area contributed by atoms with Gasteiger partial charge in [-0.2, -0.15) is 0 Å². The molecule has 0 unspecified atom stereocenters. The van der Waals surface area contributed by atoms with Crippen molar-refractivity contribution in [3.05, 3.63) is 52.2 Å². The van der Waals surface area contributed by atoms with E-state index in [0.29, 0.717) is 18.0 Å². The van der Waals surface area contributed by atoms with E-state index in [4.69, 9.17) is 4.74 Å². The van der Waals surface area contributed by atoms with Gasteiger partial charge in [-0.25, -0.2) is 0 Å². The van der Waals surface area contributed by atoms with E-state index in [1.54, 1.807) is 18.2 Å². The number of phenolic OH excluding ortho intramolecular Hbond substituents is 1. The molecule has 1 aliphatic rings. The van der Waals surface area contributed by atoms with Crippen molar-refractivity contribution >= 4 is 17.2 Å². The monoisotopic (exact) mass is 348 g/mol. The van der Waals surface area contributed by atoms with Crippen LogP contribution < -0.4 is 10.6 Å². The molecular weight excluding hydrogens is 328 g/mol. The van der Waals surface area contributed by atoms with Gasteiger partial charge in [0, 0.05) is 18.7 Å². The van der Waals surface area contributed by atoms with Crippen LogP contribution in [-0.4, -0.2) is 47.5 Å². The second-order valence-electron chi connectivity index (χ2n) is 5.67. The number of rotatable bonds is 6. The van der Waals surface area contributed by atoms with Crippen LogP contribution in [-0.2, 0) is 11.3 Å². The summed E-state index contributed by atoms with van der Waals surface area (Å²) in [4.78, 5) is 12.6. The molecule has 0 radical (unpaired) electrons. The Morgan fingerprint density at radius 2 is 2.12 bits per heavy atom. The zero-order valence-corrected chi connectivity index (χ0v) is 13.8. The van der Waals surface area contributed by atoms with Crippen molar-refractivity contribution in [2.24, 2.45) is 0 Å². The predicted molar refractivity (Wildman–Crippen MR) is 91.1 cm³/mol. The minimum absolute atomic E-state index is 0.161.